The minimum Gasteiger partial charge on any atom is -0.493 e. The minimum atomic E-state index is -0.393. The zero-order valence-corrected chi connectivity index (χ0v) is 12.6. The summed E-state index contributed by atoms with van der Waals surface area (Å²) >= 11 is 0. The Bertz CT molecular complexity index is 841. The molecule has 0 unspecified atom stereocenters. The second kappa shape index (κ2) is 5.89. The van der Waals surface area contributed by atoms with E-state index in [0.717, 1.165) is 0 Å². The highest BCUT2D eigenvalue weighted by molar-refractivity contribution is 6.14. The van der Waals surface area contributed by atoms with Gasteiger partial charge in [-0.25, -0.2) is 0 Å². The van der Waals surface area contributed by atoms with Crippen molar-refractivity contribution in [1.82, 2.24) is 0 Å². The molecule has 3 rings (SSSR count). The number of carbonyl (C=O) groups is 1. The van der Waals surface area contributed by atoms with Crippen molar-refractivity contribution >= 4 is 11.9 Å². The lowest BCUT2D eigenvalue weighted by atomic mass is 10.0. The number of Topliss-reactive ketones (excluding diaryl/α,β-unsaturated/α-hetero) is 1. The number of furan rings is 1. The number of ketones is 1. The number of benzene rings is 1. The maximum atomic E-state index is 12.4. The predicted molar refractivity (Wildman–Crippen MR) is 80.5 cm³/mol. The Morgan fingerprint density at radius 3 is 2.87 bits per heavy atom. The summed E-state index contributed by atoms with van der Waals surface area (Å²) in [5, 5.41) is 9.31. The van der Waals surface area contributed by atoms with Gasteiger partial charge in [0.25, 0.3) is 0 Å². The van der Waals surface area contributed by atoms with Crippen LogP contribution in [0.4, 0.5) is 0 Å². The molecule has 1 aliphatic heterocycles. The second-order valence-electron chi connectivity index (χ2n) is 4.85. The molecule has 0 N–H and O–H groups in total. The van der Waals surface area contributed by atoms with Crippen LogP contribution in [0.2, 0.25) is 0 Å². The molecule has 0 amide bonds. The van der Waals surface area contributed by atoms with Gasteiger partial charge in [0.15, 0.2) is 11.5 Å². The summed E-state index contributed by atoms with van der Waals surface area (Å²) in [5.41, 5.74) is 0.970. The normalized spacial score (nSPS) is 12.8. The van der Waals surface area contributed by atoms with Crippen molar-refractivity contribution in [2.75, 3.05) is 13.9 Å². The van der Waals surface area contributed by atoms with Gasteiger partial charge >= 0.3 is 0 Å². The lowest BCUT2D eigenvalue weighted by molar-refractivity contribution is 0.103. The SMILES string of the molecule is COc1cc(/C=C(\C#N)C(=O)c2ccoc2C)cc2c1OCO2. The first kappa shape index (κ1) is 14.7. The van der Waals surface area contributed by atoms with E-state index in [1.54, 1.807) is 25.1 Å². The number of methoxy groups -OCH3 is 1. The number of rotatable bonds is 4. The lowest BCUT2D eigenvalue weighted by Crippen LogP contribution is -2.02. The standard InChI is InChI=1S/C17H13NO5/c1-10-13(3-4-21-10)16(19)12(8-18)5-11-6-14(20-2)17-15(7-11)22-9-23-17/h3-7H,9H2,1-2H3/b12-5+. The Labute approximate surface area is 132 Å². The van der Waals surface area contributed by atoms with Crippen molar-refractivity contribution < 1.29 is 23.4 Å². The predicted octanol–water partition coefficient (Wildman–Crippen LogP) is 3.12. The Morgan fingerprint density at radius 1 is 1.39 bits per heavy atom. The van der Waals surface area contributed by atoms with Gasteiger partial charge in [-0.2, -0.15) is 5.26 Å². The second-order valence-corrected chi connectivity index (χ2v) is 4.85. The summed E-state index contributed by atoms with van der Waals surface area (Å²) in [5.74, 6) is 1.59. The number of hydrogen-bond donors (Lipinski definition) is 0. The molecule has 0 radical (unpaired) electrons. The topological polar surface area (TPSA) is 81.7 Å². The van der Waals surface area contributed by atoms with Crippen molar-refractivity contribution in [3.05, 3.63) is 46.9 Å². The highest BCUT2D eigenvalue weighted by Crippen LogP contribution is 2.42. The Hall–Kier alpha value is -3.20. The summed E-state index contributed by atoms with van der Waals surface area (Å²) in [7, 11) is 1.51. The largest absolute Gasteiger partial charge is 0.493 e. The molecule has 2 heterocycles. The molecule has 0 bridgehead atoms. The molecule has 23 heavy (non-hydrogen) atoms. The number of carbonyl (C=O) groups excluding carboxylic acids is 1. The van der Waals surface area contributed by atoms with E-state index in [9.17, 15) is 10.1 Å². The van der Waals surface area contributed by atoms with Crippen LogP contribution in [0.1, 0.15) is 21.7 Å². The molecule has 1 aliphatic rings. The molecule has 0 saturated carbocycles. The van der Waals surface area contributed by atoms with Gasteiger partial charge in [0.05, 0.1) is 18.9 Å². The summed E-state index contributed by atoms with van der Waals surface area (Å²) in [6, 6.07) is 6.85. The Balaban J connectivity index is 2.01. The van der Waals surface area contributed by atoms with E-state index in [2.05, 4.69) is 0 Å². The van der Waals surface area contributed by atoms with Gasteiger partial charge in [0.1, 0.15) is 17.4 Å². The van der Waals surface area contributed by atoms with Gasteiger partial charge in [-0.3, -0.25) is 4.79 Å². The number of allylic oxidation sites excluding steroid dienone is 1. The molecule has 0 atom stereocenters. The summed E-state index contributed by atoms with van der Waals surface area (Å²) in [6.45, 7) is 1.78. The van der Waals surface area contributed by atoms with Gasteiger partial charge in [0, 0.05) is 0 Å². The highest BCUT2D eigenvalue weighted by atomic mass is 16.7. The molecule has 0 aliphatic carbocycles. The molecule has 0 spiro atoms. The lowest BCUT2D eigenvalue weighted by Gasteiger charge is -2.06. The molecule has 0 saturated heterocycles. The van der Waals surface area contributed by atoms with Crippen LogP contribution in [0, 0.1) is 18.3 Å². The van der Waals surface area contributed by atoms with Crippen LogP contribution in [0.15, 0.2) is 34.5 Å². The fourth-order valence-electron chi connectivity index (χ4n) is 2.31. The van der Waals surface area contributed by atoms with Gasteiger partial charge < -0.3 is 18.6 Å². The monoisotopic (exact) mass is 311 g/mol. The molecule has 116 valence electrons. The molecular weight excluding hydrogens is 298 g/mol. The molecular formula is C17H13NO5. The first-order chi connectivity index (χ1) is 11.1. The maximum Gasteiger partial charge on any atom is 0.231 e. The average molecular weight is 311 g/mol. The van der Waals surface area contributed by atoms with E-state index in [4.69, 9.17) is 18.6 Å². The molecule has 6 heteroatoms. The average Bonchev–Trinajstić information content (AvgIpc) is 3.19. The van der Waals surface area contributed by atoms with Crippen molar-refractivity contribution in [2.45, 2.75) is 6.92 Å². The molecule has 1 aromatic heterocycles. The smallest absolute Gasteiger partial charge is 0.231 e. The third kappa shape index (κ3) is 2.64. The van der Waals surface area contributed by atoms with Crippen LogP contribution in [0.25, 0.3) is 6.08 Å². The van der Waals surface area contributed by atoms with E-state index in [1.165, 1.54) is 19.4 Å². The molecule has 6 nitrogen and oxygen atoms in total. The molecule has 0 fully saturated rings. The van der Waals surface area contributed by atoms with Crippen LogP contribution in [-0.2, 0) is 0 Å². The van der Waals surface area contributed by atoms with E-state index < -0.39 is 5.78 Å². The van der Waals surface area contributed by atoms with Crippen LogP contribution in [0.5, 0.6) is 17.2 Å². The zero-order valence-electron chi connectivity index (χ0n) is 12.6. The fraction of sp³-hybridized carbons (Fsp3) is 0.176. The quantitative estimate of drug-likeness (QED) is 0.490. The van der Waals surface area contributed by atoms with Crippen LogP contribution < -0.4 is 14.2 Å². The highest BCUT2D eigenvalue weighted by Gasteiger charge is 2.21. The van der Waals surface area contributed by atoms with Crippen LogP contribution in [-0.4, -0.2) is 19.7 Å². The number of hydrogen-bond acceptors (Lipinski definition) is 6. The van der Waals surface area contributed by atoms with Crippen molar-refractivity contribution in [2.24, 2.45) is 0 Å². The van der Waals surface area contributed by atoms with Gasteiger partial charge in [0.2, 0.25) is 18.3 Å². The van der Waals surface area contributed by atoms with Gasteiger partial charge in [-0.05, 0) is 36.8 Å². The summed E-state index contributed by atoms with van der Waals surface area (Å²) in [4.78, 5) is 12.4. The van der Waals surface area contributed by atoms with Crippen molar-refractivity contribution in [3.63, 3.8) is 0 Å². The maximum absolute atomic E-state index is 12.4. The van der Waals surface area contributed by atoms with Gasteiger partial charge in [-0.1, -0.05) is 0 Å². The molecule has 2 aromatic rings. The summed E-state index contributed by atoms with van der Waals surface area (Å²) in [6.07, 6.45) is 2.90. The van der Waals surface area contributed by atoms with Crippen molar-refractivity contribution in [3.8, 4) is 23.3 Å². The zero-order chi connectivity index (χ0) is 16.4. The Morgan fingerprint density at radius 2 is 2.22 bits per heavy atom. The third-order valence-corrected chi connectivity index (χ3v) is 3.46. The number of nitriles is 1. The van der Waals surface area contributed by atoms with Crippen LogP contribution >= 0.6 is 0 Å². The number of aryl methyl sites for hydroxylation is 1. The van der Waals surface area contributed by atoms with E-state index in [0.29, 0.717) is 34.1 Å². The van der Waals surface area contributed by atoms with Gasteiger partial charge in [-0.15, -0.1) is 0 Å². The number of fused-ring (bicyclic) bond motifs is 1. The Kier molecular flexibility index (Phi) is 3.77. The first-order valence-electron chi connectivity index (χ1n) is 6.82. The first-order valence-corrected chi connectivity index (χ1v) is 6.82. The number of ether oxygens (including phenoxy) is 3. The number of nitrogens with zero attached hydrogens (tertiary/aromatic N) is 1. The fourth-order valence-corrected chi connectivity index (χ4v) is 2.31. The van der Waals surface area contributed by atoms with Crippen LogP contribution in [0.3, 0.4) is 0 Å². The van der Waals surface area contributed by atoms with E-state index in [1.807, 2.05) is 6.07 Å². The van der Waals surface area contributed by atoms with E-state index in [-0.39, 0.29) is 12.4 Å². The third-order valence-electron chi connectivity index (χ3n) is 3.46. The minimum absolute atomic E-state index is 0.00424. The molecule has 1 aromatic carbocycles. The summed E-state index contributed by atoms with van der Waals surface area (Å²) < 4.78 is 21.0. The van der Waals surface area contributed by atoms with E-state index >= 15 is 0 Å². The van der Waals surface area contributed by atoms with Crippen molar-refractivity contribution in [1.29, 1.82) is 5.26 Å².